The van der Waals surface area contributed by atoms with E-state index in [1.807, 2.05) is 0 Å². The van der Waals surface area contributed by atoms with E-state index >= 15 is 0 Å². The van der Waals surface area contributed by atoms with Crippen LogP contribution in [0.15, 0.2) is 66.7 Å². The molecule has 1 heteroatoms. The zero-order valence-corrected chi connectivity index (χ0v) is 12.0. The van der Waals surface area contributed by atoms with Crippen molar-refractivity contribution in [2.75, 3.05) is 0 Å². The zero-order chi connectivity index (χ0) is 14.1. The van der Waals surface area contributed by atoms with E-state index in [-0.39, 0.29) is 0 Å². The first-order valence-corrected chi connectivity index (χ1v) is 7.69. The summed E-state index contributed by atoms with van der Waals surface area (Å²) in [7, 11) is 0. The predicted octanol–water partition coefficient (Wildman–Crippen LogP) is 4.62. The van der Waals surface area contributed by atoms with Crippen molar-refractivity contribution in [2.45, 2.75) is 25.4 Å². The van der Waals surface area contributed by atoms with Crippen molar-refractivity contribution in [1.82, 2.24) is 5.32 Å². The molecule has 0 fully saturated rings. The van der Waals surface area contributed by atoms with Gasteiger partial charge in [-0.3, -0.25) is 0 Å². The van der Waals surface area contributed by atoms with Crippen LogP contribution in [0.5, 0.6) is 0 Å². The Morgan fingerprint density at radius 3 is 2.62 bits per heavy atom. The van der Waals surface area contributed by atoms with Crippen molar-refractivity contribution in [3.05, 3.63) is 83.4 Å². The first kappa shape index (κ1) is 12.6. The number of hydrogen-bond donors (Lipinski definition) is 1. The SMILES string of the molecule is c1ccc2c(c1)CCC2NCc1ccc2ccccc2c1. The number of nitrogens with one attached hydrogen (secondary N) is 1. The quantitative estimate of drug-likeness (QED) is 0.734. The first-order chi connectivity index (χ1) is 10.4. The predicted molar refractivity (Wildman–Crippen MR) is 88.3 cm³/mol. The van der Waals surface area contributed by atoms with Crippen LogP contribution in [0.3, 0.4) is 0 Å². The van der Waals surface area contributed by atoms with Gasteiger partial charge in [0.1, 0.15) is 0 Å². The van der Waals surface area contributed by atoms with Crippen LogP contribution in [0.4, 0.5) is 0 Å². The Hall–Kier alpha value is -2.12. The molecule has 3 aromatic rings. The highest BCUT2D eigenvalue weighted by molar-refractivity contribution is 5.82. The standard InChI is InChI=1S/C20H19N/c1-2-7-18-13-15(9-10-16(18)5-1)14-21-20-12-11-17-6-3-4-8-19(17)20/h1-10,13,20-21H,11-12,14H2. The Bertz CT molecular complexity index is 775. The highest BCUT2D eigenvalue weighted by Crippen LogP contribution is 2.31. The fourth-order valence-corrected chi connectivity index (χ4v) is 3.36. The lowest BCUT2D eigenvalue weighted by molar-refractivity contribution is 0.530. The van der Waals surface area contributed by atoms with Crippen LogP contribution in [-0.2, 0) is 13.0 Å². The van der Waals surface area contributed by atoms with Gasteiger partial charge in [-0.05, 0) is 46.4 Å². The Balaban J connectivity index is 1.51. The van der Waals surface area contributed by atoms with Crippen LogP contribution in [0.1, 0.15) is 29.2 Å². The van der Waals surface area contributed by atoms with Crippen LogP contribution in [0, 0.1) is 0 Å². The molecular formula is C20H19N. The maximum Gasteiger partial charge on any atom is 0.0329 e. The summed E-state index contributed by atoms with van der Waals surface area (Å²) in [6, 6.07) is 24.6. The molecule has 0 saturated heterocycles. The van der Waals surface area contributed by atoms with Crippen LogP contribution < -0.4 is 5.32 Å². The average molecular weight is 273 g/mol. The van der Waals surface area contributed by atoms with Gasteiger partial charge >= 0.3 is 0 Å². The molecule has 0 amide bonds. The lowest BCUT2D eigenvalue weighted by Gasteiger charge is -2.14. The third-order valence-electron chi connectivity index (χ3n) is 4.50. The maximum atomic E-state index is 3.72. The first-order valence-electron chi connectivity index (χ1n) is 7.69. The molecule has 1 aliphatic carbocycles. The van der Waals surface area contributed by atoms with Gasteiger partial charge in [0.2, 0.25) is 0 Å². The van der Waals surface area contributed by atoms with E-state index in [1.165, 1.54) is 40.3 Å². The fourth-order valence-electron chi connectivity index (χ4n) is 3.36. The summed E-state index contributed by atoms with van der Waals surface area (Å²) < 4.78 is 0. The Morgan fingerprint density at radius 1 is 0.857 bits per heavy atom. The van der Waals surface area contributed by atoms with Gasteiger partial charge in [0, 0.05) is 12.6 Å². The summed E-state index contributed by atoms with van der Waals surface area (Å²) in [5.74, 6) is 0. The summed E-state index contributed by atoms with van der Waals surface area (Å²) >= 11 is 0. The molecule has 0 radical (unpaired) electrons. The Kier molecular flexibility index (Phi) is 3.21. The molecule has 21 heavy (non-hydrogen) atoms. The van der Waals surface area contributed by atoms with Crippen molar-refractivity contribution >= 4 is 10.8 Å². The van der Waals surface area contributed by atoms with Crippen LogP contribution in [-0.4, -0.2) is 0 Å². The van der Waals surface area contributed by atoms with Gasteiger partial charge in [0.25, 0.3) is 0 Å². The minimum atomic E-state index is 0.507. The molecule has 4 rings (SSSR count). The smallest absolute Gasteiger partial charge is 0.0329 e. The molecule has 0 bridgehead atoms. The molecule has 0 aromatic heterocycles. The monoisotopic (exact) mass is 273 g/mol. The van der Waals surface area contributed by atoms with Crippen molar-refractivity contribution in [3.8, 4) is 0 Å². The molecule has 0 heterocycles. The van der Waals surface area contributed by atoms with Gasteiger partial charge in [-0.2, -0.15) is 0 Å². The average Bonchev–Trinajstić information content (AvgIpc) is 2.96. The van der Waals surface area contributed by atoms with E-state index in [1.54, 1.807) is 0 Å². The number of fused-ring (bicyclic) bond motifs is 2. The highest BCUT2D eigenvalue weighted by atomic mass is 14.9. The van der Waals surface area contributed by atoms with E-state index < -0.39 is 0 Å². The number of hydrogen-bond acceptors (Lipinski definition) is 1. The second kappa shape index (κ2) is 5.34. The molecule has 104 valence electrons. The summed E-state index contributed by atoms with van der Waals surface area (Å²) in [5, 5.41) is 6.35. The minimum absolute atomic E-state index is 0.507. The van der Waals surface area contributed by atoms with E-state index in [9.17, 15) is 0 Å². The second-order valence-corrected chi connectivity index (χ2v) is 5.85. The lowest BCUT2D eigenvalue weighted by atomic mass is 10.1. The molecular weight excluding hydrogens is 254 g/mol. The van der Waals surface area contributed by atoms with Crippen molar-refractivity contribution in [1.29, 1.82) is 0 Å². The topological polar surface area (TPSA) is 12.0 Å². The minimum Gasteiger partial charge on any atom is -0.306 e. The second-order valence-electron chi connectivity index (χ2n) is 5.85. The molecule has 1 N–H and O–H groups in total. The molecule has 0 spiro atoms. The van der Waals surface area contributed by atoms with Crippen LogP contribution in [0.25, 0.3) is 10.8 Å². The van der Waals surface area contributed by atoms with Gasteiger partial charge < -0.3 is 5.32 Å². The van der Waals surface area contributed by atoms with Gasteiger partial charge in [0.05, 0.1) is 0 Å². The van der Waals surface area contributed by atoms with E-state index in [2.05, 4.69) is 72.0 Å². The van der Waals surface area contributed by atoms with E-state index in [0.29, 0.717) is 6.04 Å². The third kappa shape index (κ3) is 2.45. The molecule has 0 aliphatic heterocycles. The zero-order valence-electron chi connectivity index (χ0n) is 12.0. The molecule has 3 aromatic carbocycles. The largest absolute Gasteiger partial charge is 0.306 e. The van der Waals surface area contributed by atoms with Crippen LogP contribution in [0.2, 0.25) is 0 Å². The normalized spacial score (nSPS) is 17.0. The molecule has 1 unspecified atom stereocenters. The number of aryl methyl sites for hydroxylation is 1. The van der Waals surface area contributed by atoms with Gasteiger partial charge in [0.15, 0.2) is 0 Å². The van der Waals surface area contributed by atoms with Crippen LogP contribution >= 0.6 is 0 Å². The van der Waals surface area contributed by atoms with E-state index in [0.717, 1.165) is 6.54 Å². The summed E-state index contributed by atoms with van der Waals surface area (Å²) in [6.07, 6.45) is 2.42. The summed E-state index contributed by atoms with van der Waals surface area (Å²) in [5.41, 5.74) is 4.35. The maximum absolute atomic E-state index is 3.72. The van der Waals surface area contributed by atoms with Crippen molar-refractivity contribution in [3.63, 3.8) is 0 Å². The molecule has 0 saturated carbocycles. The van der Waals surface area contributed by atoms with Gasteiger partial charge in [-0.25, -0.2) is 0 Å². The molecule has 1 nitrogen and oxygen atoms in total. The molecule has 1 atom stereocenters. The summed E-state index contributed by atoms with van der Waals surface area (Å²) in [6.45, 7) is 0.934. The summed E-state index contributed by atoms with van der Waals surface area (Å²) in [4.78, 5) is 0. The van der Waals surface area contributed by atoms with Crippen molar-refractivity contribution in [2.24, 2.45) is 0 Å². The highest BCUT2D eigenvalue weighted by Gasteiger charge is 2.20. The number of rotatable bonds is 3. The van der Waals surface area contributed by atoms with Gasteiger partial charge in [-0.1, -0.05) is 60.7 Å². The third-order valence-corrected chi connectivity index (χ3v) is 4.50. The fraction of sp³-hybridized carbons (Fsp3) is 0.200. The lowest BCUT2D eigenvalue weighted by Crippen LogP contribution is -2.18. The Labute approximate surface area is 125 Å². The molecule has 1 aliphatic rings. The van der Waals surface area contributed by atoms with Gasteiger partial charge in [-0.15, -0.1) is 0 Å². The number of benzene rings is 3. The van der Waals surface area contributed by atoms with Crippen molar-refractivity contribution < 1.29 is 0 Å². The van der Waals surface area contributed by atoms with E-state index in [4.69, 9.17) is 0 Å². The Morgan fingerprint density at radius 2 is 1.67 bits per heavy atom.